The molecular formula is C17H21N3O2S2. The van der Waals surface area contributed by atoms with Crippen LogP contribution in [0.1, 0.15) is 23.0 Å². The number of thiazole rings is 1. The molecule has 5 nitrogen and oxygen atoms in total. The van der Waals surface area contributed by atoms with Crippen molar-refractivity contribution in [2.45, 2.75) is 25.4 Å². The van der Waals surface area contributed by atoms with E-state index >= 15 is 0 Å². The van der Waals surface area contributed by atoms with Crippen LogP contribution in [0.4, 0.5) is 0 Å². The highest BCUT2D eigenvalue weighted by Gasteiger charge is 2.38. The van der Waals surface area contributed by atoms with Crippen molar-refractivity contribution in [1.82, 2.24) is 14.8 Å². The van der Waals surface area contributed by atoms with Crippen molar-refractivity contribution in [2.75, 3.05) is 32.8 Å². The van der Waals surface area contributed by atoms with Crippen molar-refractivity contribution in [3.63, 3.8) is 0 Å². The number of hydrogen-bond acceptors (Lipinski definition) is 6. The van der Waals surface area contributed by atoms with Crippen LogP contribution >= 0.6 is 22.7 Å². The normalized spacial score (nSPS) is 25.3. The number of morpholine rings is 1. The molecule has 7 heteroatoms. The zero-order valence-electron chi connectivity index (χ0n) is 13.7. The van der Waals surface area contributed by atoms with E-state index in [9.17, 15) is 4.79 Å². The summed E-state index contributed by atoms with van der Waals surface area (Å²) in [6, 6.07) is 2.73. The first-order chi connectivity index (χ1) is 11.7. The quantitative estimate of drug-likeness (QED) is 0.841. The van der Waals surface area contributed by atoms with Gasteiger partial charge in [-0.25, -0.2) is 4.98 Å². The Morgan fingerprint density at radius 2 is 2.17 bits per heavy atom. The van der Waals surface area contributed by atoms with E-state index in [0.29, 0.717) is 6.04 Å². The van der Waals surface area contributed by atoms with Crippen LogP contribution in [0.2, 0.25) is 0 Å². The number of aromatic nitrogens is 1. The summed E-state index contributed by atoms with van der Waals surface area (Å²) >= 11 is 3.14. The Kier molecular flexibility index (Phi) is 4.67. The van der Waals surface area contributed by atoms with Gasteiger partial charge >= 0.3 is 0 Å². The second-order valence-electron chi connectivity index (χ2n) is 6.29. The van der Waals surface area contributed by atoms with Crippen LogP contribution in [0.15, 0.2) is 23.0 Å². The van der Waals surface area contributed by atoms with E-state index in [4.69, 9.17) is 4.74 Å². The van der Waals surface area contributed by atoms with Crippen molar-refractivity contribution < 1.29 is 9.53 Å². The number of thiophene rings is 1. The minimum Gasteiger partial charge on any atom is -0.379 e. The molecule has 2 aromatic heterocycles. The number of nitrogens with zero attached hydrogens (tertiary/aromatic N) is 3. The van der Waals surface area contributed by atoms with Gasteiger partial charge in [0.2, 0.25) is 0 Å². The maximum atomic E-state index is 12.9. The Morgan fingerprint density at radius 3 is 2.92 bits per heavy atom. The van der Waals surface area contributed by atoms with E-state index < -0.39 is 0 Å². The van der Waals surface area contributed by atoms with E-state index in [2.05, 4.69) is 22.2 Å². The molecule has 4 heterocycles. The highest BCUT2D eigenvalue weighted by molar-refractivity contribution is 7.17. The van der Waals surface area contributed by atoms with Gasteiger partial charge in [-0.2, -0.15) is 11.3 Å². The molecule has 0 aromatic carbocycles. The molecule has 2 atom stereocenters. The van der Waals surface area contributed by atoms with Crippen molar-refractivity contribution in [2.24, 2.45) is 0 Å². The fourth-order valence-corrected chi connectivity index (χ4v) is 5.22. The SMILES string of the molecule is C[C@@H]1[C@H](N2CCOCC2)CCN1C(=O)c1cnc(-c2ccsc2)s1. The van der Waals surface area contributed by atoms with Gasteiger partial charge in [0.25, 0.3) is 5.91 Å². The third kappa shape index (κ3) is 3.01. The molecule has 2 aliphatic heterocycles. The number of rotatable bonds is 3. The third-order valence-electron chi connectivity index (χ3n) is 4.97. The van der Waals surface area contributed by atoms with Crippen LogP contribution in [0.3, 0.4) is 0 Å². The Balaban J connectivity index is 1.47. The van der Waals surface area contributed by atoms with E-state index in [-0.39, 0.29) is 11.9 Å². The topological polar surface area (TPSA) is 45.7 Å². The maximum Gasteiger partial charge on any atom is 0.265 e. The van der Waals surface area contributed by atoms with Gasteiger partial charge in [-0.3, -0.25) is 9.69 Å². The van der Waals surface area contributed by atoms with Crippen LogP contribution in [0.25, 0.3) is 10.6 Å². The Morgan fingerprint density at radius 1 is 1.33 bits per heavy atom. The first-order valence-electron chi connectivity index (χ1n) is 8.35. The van der Waals surface area contributed by atoms with Crippen LogP contribution in [0, 0.1) is 0 Å². The van der Waals surface area contributed by atoms with Gasteiger partial charge < -0.3 is 9.64 Å². The average molecular weight is 364 g/mol. The van der Waals surface area contributed by atoms with Crippen molar-refractivity contribution in [3.8, 4) is 10.6 Å². The van der Waals surface area contributed by atoms with E-state index in [0.717, 1.165) is 54.7 Å². The summed E-state index contributed by atoms with van der Waals surface area (Å²) in [5.74, 6) is 0.122. The molecule has 0 N–H and O–H groups in total. The predicted molar refractivity (Wildman–Crippen MR) is 96.7 cm³/mol. The molecule has 2 saturated heterocycles. The number of carbonyl (C=O) groups excluding carboxylic acids is 1. The number of carbonyl (C=O) groups is 1. The largest absolute Gasteiger partial charge is 0.379 e. The molecule has 2 fully saturated rings. The summed E-state index contributed by atoms with van der Waals surface area (Å²) in [5.41, 5.74) is 1.10. The summed E-state index contributed by atoms with van der Waals surface area (Å²) < 4.78 is 5.45. The van der Waals surface area contributed by atoms with E-state index in [1.807, 2.05) is 16.3 Å². The Labute approximate surface area is 149 Å². The number of amides is 1. The summed E-state index contributed by atoms with van der Waals surface area (Å²) in [5, 5.41) is 5.03. The number of ether oxygens (including phenoxy) is 1. The fourth-order valence-electron chi connectivity index (χ4n) is 3.64. The molecule has 0 unspecified atom stereocenters. The summed E-state index contributed by atoms with van der Waals surface area (Å²) in [6.07, 6.45) is 2.78. The van der Waals surface area contributed by atoms with Gasteiger partial charge in [-0.1, -0.05) is 0 Å². The Hall–Kier alpha value is -1.28. The van der Waals surface area contributed by atoms with Crippen molar-refractivity contribution in [1.29, 1.82) is 0 Å². The molecular weight excluding hydrogens is 342 g/mol. The summed E-state index contributed by atoms with van der Waals surface area (Å²) in [7, 11) is 0. The highest BCUT2D eigenvalue weighted by Crippen LogP contribution is 2.30. The molecule has 1 amide bonds. The predicted octanol–water partition coefficient (Wildman–Crippen LogP) is 2.81. The fraction of sp³-hybridized carbons (Fsp3) is 0.529. The van der Waals surface area contributed by atoms with E-state index in [1.54, 1.807) is 17.5 Å². The monoisotopic (exact) mass is 363 g/mol. The van der Waals surface area contributed by atoms with Gasteiger partial charge in [0.1, 0.15) is 9.88 Å². The lowest BCUT2D eigenvalue weighted by atomic mass is 10.1. The molecule has 128 valence electrons. The lowest BCUT2D eigenvalue weighted by molar-refractivity contribution is 0.0105. The first-order valence-corrected chi connectivity index (χ1v) is 10.1. The maximum absolute atomic E-state index is 12.9. The molecule has 0 saturated carbocycles. The summed E-state index contributed by atoms with van der Waals surface area (Å²) in [4.78, 5) is 22.6. The minimum atomic E-state index is 0.122. The zero-order valence-corrected chi connectivity index (χ0v) is 15.3. The standard InChI is InChI=1S/C17H21N3O2S2/c1-12-14(19-5-7-22-8-6-19)2-4-20(12)17(21)15-10-18-16(24-15)13-3-9-23-11-13/h3,9-12,14H,2,4-8H2,1H3/t12-,14-/m1/s1. The van der Waals surface area contributed by atoms with Gasteiger partial charge in [0, 0.05) is 42.7 Å². The van der Waals surface area contributed by atoms with Crippen LogP contribution in [0.5, 0.6) is 0 Å². The second-order valence-corrected chi connectivity index (χ2v) is 8.10. The first kappa shape index (κ1) is 16.2. The average Bonchev–Trinajstić information content (AvgIpc) is 3.35. The van der Waals surface area contributed by atoms with Gasteiger partial charge in [0.15, 0.2) is 0 Å². The molecule has 0 spiro atoms. The van der Waals surface area contributed by atoms with Gasteiger partial charge in [-0.15, -0.1) is 11.3 Å². The lowest BCUT2D eigenvalue weighted by Gasteiger charge is -2.35. The summed E-state index contributed by atoms with van der Waals surface area (Å²) in [6.45, 7) is 6.55. The molecule has 0 radical (unpaired) electrons. The van der Waals surface area contributed by atoms with Crippen LogP contribution in [-0.2, 0) is 4.74 Å². The minimum absolute atomic E-state index is 0.122. The number of hydrogen-bond donors (Lipinski definition) is 0. The second kappa shape index (κ2) is 6.92. The molecule has 0 bridgehead atoms. The molecule has 0 aliphatic carbocycles. The van der Waals surface area contributed by atoms with Crippen molar-refractivity contribution in [3.05, 3.63) is 27.9 Å². The molecule has 2 aliphatic rings. The van der Waals surface area contributed by atoms with Gasteiger partial charge in [0.05, 0.1) is 19.4 Å². The zero-order chi connectivity index (χ0) is 16.5. The molecule has 24 heavy (non-hydrogen) atoms. The van der Waals surface area contributed by atoms with Gasteiger partial charge in [-0.05, 0) is 24.8 Å². The molecule has 2 aromatic rings. The van der Waals surface area contributed by atoms with Crippen molar-refractivity contribution >= 4 is 28.6 Å². The Bertz CT molecular complexity index is 695. The van der Waals surface area contributed by atoms with Crippen LogP contribution < -0.4 is 0 Å². The van der Waals surface area contributed by atoms with E-state index in [1.165, 1.54) is 11.3 Å². The number of likely N-dealkylation sites (tertiary alicyclic amines) is 1. The molecule has 4 rings (SSSR count). The lowest BCUT2D eigenvalue weighted by Crippen LogP contribution is -2.49. The highest BCUT2D eigenvalue weighted by atomic mass is 32.1. The third-order valence-corrected chi connectivity index (χ3v) is 6.69. The van der Waals surface area contributed by atoms with Crippen LogP contribution in [-0.4, -0.2) is 65.6 Å². The smallest absolute Gasteiger partial charge is 0.265 e.